The number of carbonyl (C=O) groups is 2. The quantitative estimate of drug-likeness (QED) is 0.410. The Hall–Kier alpha value is -1.96. The van der Waals surface area contributed by atoms with Gasteiger partial charge < -0.3 is 0 Å². The third-order valence-electron chi connectivity index (χ3n) is 4.14. The highest BCUT2D eigenvalue weighted by atomic mass is 16.2. The van der Waals surface area contributed by atoms with Crippen LogP contribution in [0, 0.1) is 5.41 Å². The molecule has 0 bridgehead atoms. The first-order valence-corrected chi connectivity index (χ1v) is 7.62. The summed E-state index contributed by atoms with van der Waals surface area (Å²) in [5, 5.41) is 0. The summed E-state index contributed by atoms with van der Waals surface area (Å²) < 4.78 is 0. The first kappa shape index (κ1) is 15.4. The van der Waals surface area contributed by atoms with Gasteiger partial charge in [-0.2, -0.15) is 0 Å². The molecule has 0 heterocycles. The Morgan fingerprint density at radius 2 is 1.67 bits per heavy atom. The molecular weight excluding hydrogens is 260 g/mol. The highest BCUT2D eigenvalue weighted by Gasteiger charge is 2.50. The zero-order valence-electron chi connectivity index (χ0n) is 12.6. The van der Waals surface area contributed by atoms with Gasteiger partial charge in [0.05, 0.1) is 0 Å². The molecule has 2 nitrogen and oxygen atoms in total. The first-order valence-electron chi connectivity index (χ1n) is 7.62. The van der Waals surface area contributed by atoms with Crippen LogP contribution >= 0.6 is 0 Å². The average molecular weight is 282 g/mol. The maximum Gasteiger partial charge on any atom is 0.178 e. The molecule has 1 aliphatic rings. The second-order valence-corrected chi connectivity index (χ2v) is 5.60. The highest BCUT2D eigenvalue weighted by molar-refractivity contribution is 6.29. The molecule has 2 heteroatoms. The van der Waals surface area contributed by atoms with Gasteiger partial charge in [-0.25, -0.2) is 0 Å². The molecule has 0 aromatic heterocycles. The van der Waals surface area contributed by atoms with Crippen LogP contribution in [0.15, 0.2) is 49.1 Å². The van der Waals surface area contributed by atoms with Crippen molar-refractivity contribution in [1.82, 2.24) is 0 Å². The van der Waals surface area contributed by atoms with Crippen molar-refractivity contribution in [3.63, 3.8) is 0 Å². The Labute approximate surface area is 126 Å². The Bertz CT molecular complexity index is 546. The summed E-state index contributed by atoms with van der Waals surface area (Å²) in [6.07, 6.45) is 9.89. The summed E-state index contributed by atoms with van der Waals surface area (Å²) in [6.45, 7) is 5.88. The smallest absolute Gasteiger partial charge is 0.178 e. The zero-order chi connectivity index (χ0) is 15.3. The SMILES string of the molecule is C=CCC1(C/C=C/CCCC)C(=O)c2ccccc2C1=O. The number of hydrogen-bond acceptors (Lipinski definition) is 2. The summed E-state index contributed by atoms with van der Waals surface area (Å²) >= 11 is 0. The molecule has 2 rings (SSSR count). The van der Waals surface area contributed by atoms with Crippen molar-refractivity contribution in [2.75, 3.05) is 0 Å². The molecule has 0 N–H and O–H groups in total. The maximum atomic E-state index is 12.7. The average Bonchev–Trinajstić information content (AvgIpc) is 2.71. The fraction of sp³-hybridized carbons (Fsp3) is 0.368. The van der Waals surface area contributed by atoms with E-state index in [9.17, 15) is 9.59 Å². The largest absolute Gasteiger partial charge is 0.293 e. The van der Waals surface area contributed by atoms with Gasteiger partial charge in [-0.3, -0.25) is 9.59 Å². The van der Waals surface area contributed by atoms with Gasteiger partial charge in [0.15, 0.2) is 11.6 Å². The number of hydrogen-bond donors (Lipinski definition) is 0. The minimum atomic E-state index is -0.964. The molecule has 0 atom stereocenters. The van der Waals surface area contributed by atoms with E-state index in [0.29, 0.717) is 24.0 Å². The third-order valence-corrected chi connectivity index (χ3v) is 4.14. The third kappa shape index (κ3) is 2.76. The van der Waals surface area contributed by atoms with E-state index in [0.717, 1.165) is 19.3 Å². The summed E-state index contributed by atoms with van der Waals surface area (Å²) in [5.41, 5.74) is 0.159. The van der Waals surface area contributed by atoms with Crippen molar-refractivity contribution in [3.05, 3.63) is 60.2 Å². The molecule has 1 aromatic carbocycles. The van der Waals surface area contributed by atoms with Crippen LogP contribution in [-0.4, -0.2) is 11.6 Å². The molecule has 0 saturated carbocycles. The van der Waals surface area contributed by atoms with Crippen molar-refractivity contribution in [2.45, 2.75) is 39.0 Å². The number of allylic oxidation sites excluding steroid dienone is 3. The predicted octanol–water partition coefficient (Wildman–Crippen LogP) is 4.76. The van der Waals surface area contributed by atoms with Crippen LogP contribution in [-0.2, 0) is 0 Å². The van der Waals surface area contributed by atoms with Gasteiger partial charge in [-0.15, -0.1) is 6.58 Å². The monoisotopic (exact) mass is 282 g/mol. The molecule has 0 saturated heterocycles. The van der Waals surface area contributed by atoms with Crippen LogP contribution in [0.1, 0.15) is 59.7 Å². The number of unbranched alkanes of at least 4 members (excludes halogenated alkanes) is 2. The number of fused-ring (bicyclic) bond motifs is 1. The Morgan fingerprint density at radius 1 is 1.05 bits per heavy atom. The Morgan fingerprint density at radius 3 is 2.19 bits per heavy atom. The predicted molar refractivity (Wildman–Crippen MR) is 85.6 cm³/mol. The number of ketones is 2. The van der Waals surface area contributed by atoms with E-state index in [4.69, 9.17) is 0 Å². The minimum Gasteiger partial charge on any atom is -0.293 e. The van der Waals surface area contributed by atoms with Crippen molar-refractivity contribution < 1.29 is 9.59 Å². The lowest BCUT2D eigenvalue weighted by molar-refractivity contribution is 0.0703. The molecule has 0 unspecified atom stereocenters. The molecule has 1 aromatic rings. The Balaban J connectivity index is 2.27. The van der Waals surface area contributed by atoms with Gasteiger partial charge in [-0.1, -0.05) is 62.3 Å². The molecule has 21 heavy (non-hydrogen) atoms. The molecular formula is C19H22O2. The molecule has 0 aliphatic heterocycles. The minimum absolute atomic E-state index is 0.0526. The van der Waals surface area contributed by atoms with Crippen LogP contribution in [0.25, 0.3) is 0 Å². The second-order valence-electron chi connectivity index (χ2n) is 5.60. The molecule has 1 aliphatic carbocycles. The zero-order valence-corrected chi connectivity index (χ0v) is 12.6. The Kier molecular flexibility index (Phi) is 4.89. The topological polar surface area (TPSA) is 34.1 Å². The van der Waals surface area contributed by atoms with E-state index < -0.39 is 5.41 Å². The van der Waals surface area contributed by atoms with Crippen molar-refractivity contribution in [1.29, 1.82) is 0 Å². The van der Waals surface area contributed by atoms with Gasteiger partial charge in [0.1, 0.15) is 5.41 Å². The van der Waals surface area contributed by atoms with Crippen molar-refractivity contribution in [2.24, 2.45) is 5.41 Å². The summed E-state index contributed by atoms with van der Waals surface area (Å²) in [5.74, 6) is -0.105. The molecule has 110 valence electrons. The fourth-order valence-electron chi connectivity index (χ4n) is 2.92. The second kappa shape index (κ2) is 6.66. The van der Waals surface area contributed by atoms with Crippen LogP contribution in [0.3, 0.4) is 0 Å². The van der Waals surface area contributed by atoms with Crippen LogP contribution in [0.5, 0.6) is 0 Å². The lowest BCUT2D eigenvalue weighted by Crippen LogP contribution is -2.32. The van der Waals surface area contributed by atoms with Gasteiger partial charge in [0, 0.05) is 11.1 Å². The van der Waals surface area contributed by atoms with Crippen molar-refractivity contribution >= 4 is 11.6 Å². The van der Waals surface area contributed by atoms with Gasteiger partial charge >= 0.3 is 0 Å². The fourth-order valence-corrected chi connectivity index (χ4v) is 2.92. The van der Waals surface area contributed by atoms with E-state index >= 15 is 0 Å². The molecule has 0 fully saturated rings. The van der Waals surface area contributed by atoms with Crippen LogP contribution in [0.4, 0.5) is 0 Å². The van der Waals surface area contributed by atoms with E-state index in [2.05, 4.69) is 19.6 Å². The van der Waals surface area contributed by atoms with Gasteiger partial charge in [-0.05, 0) is 19.3 Å². The van der Waals surface area contributed by atoms with E-state index in [1.165, 1.54) is 0 Å². The van der Waals surface area contributed by atoms with E-state index in [1.54, 1.807) is 18.2 Å². The maximum absolute atomic E-state index is 12.7. The first-order chi connectivity index (χ1) is 10.2. The van der Waals surface area contributed by atoms with Crippen molar-refractivity contribution in [3.8, 4) is 0 Å². The number of benzene rings is 1. The lowest BCUT2D eigenvalue weighted by Gasteiger charge is -2.22. The van der Waals surface area contributed by atoms with Gasteiger partial charge in [0.2, 0.25) is 0 Å². The normalized spacial score (nSPS) is 16.4. The van der Waals surface area contributed by atoms with Crippen LogP contribution < -0.4 is 0 Å². The molecule has 0 spiro atoms. The highest BCUT2D eigenvalue weighted by Crippen LogP contribution is 2.42. The summed E-state index contributed by atoms with van der Waals surface area (Å²) in [7, 11) is 0. The summed E-state index contributed by atoms with van der Waals surface area (Å²) in [6, 6.07) is 7.12. The number of rotatable bonds is 7. The van der Waals surface area contributed by atoms with Gasteiger partial charge in [0.25, 0.3) is 0 Å². The molecule has 0 radical (unpaired) electrons. The standard InChI is InChI=1S/C19H22O2/c1-3-5-6-7-10-14-19(13-4-2)17(20)15-11-8-9-12-16(15)18(19)21/h4,7-12H,2-3,5-6,13-14H2,1H3/b10-7+. The number of carbonyl (C=O) groups excluding carboxylic acids is 2. The van der Waals surface area contributed by atoms with E-state index in [1.807, 2.05) is 18.2 Å². The van der Waals surface area contributed by atoms with Crippen LogP contribution in [0.2, 0.25) is 0 Å². The lowest BCUT2D eigenvalue weighted by atomic mass is 9.76. The molecule has 0 amide bonds. The van der Waals surface area contributed by atoms with E-state index in [-0.39, 0.29) is 11.6 Å². The number of Topliss-reactive ketones (excluding diaryl/α,β-unsaturated/α-hetero) is 2. The summed E-state index contributed by atoms with van der Waals surface area (Å²) in [4.78, 5) is 25.5.